The molecule has 1 N–H and O–H groups in total. The molecule has 0 aliphatic rings. The van der Waals surface area contributed by atoms with Crippen LogP contribution in [0.15, 0.2) is 54.1 Å². The van der Waals surface area contributed by atoms with Crippen molar-refractivity contribution in [3.8, 4) is 11.8 Å². The number of anilines is 1. The van der Waals surface area contributed by atoms with E-state index in [1.165, 1.54) is 31.4 Å². The van der Waals surface area contributed by atoms with E-state index in [4.69, 9.17) is 10.00 Å². The number of carbonyl (C=O) groups excluding carboxylic acids is 1. The molecule has 2 aromatic carbocycles. The molecule has 0 aromatic heterocycles. The number of hydrogen-bond donors (Lipinski definition) is 1. The van der Waals surface area contributed by atoms with Gasteiger partial charge in [-0.3, -0.25) is 4.79 Å². The maximum absolute atomic E-state index is 13.1. The molecule has 0 saturated carbocycles. The molecule has 0 heterocycles. The SMILES string of the molecule is COc1ccccc1/C=C(\C#N)C(=O)Nc1cccc(F)c1. The van der Waals surface area contributed by atoms with Crippen LogP contribution < -0.4 is 10.1 Å². The standard InChI is InChI=1S/C17H13FN2O2/c1-22-16-8-3-2-5-12(16)9-13(11-19)17(21)20-15-7-4-6-14(18)10-15/h2-10H,1H3,(H,20,21)/b13-9+. The Morgan fingerprint density at radius 2 is 2.05 bits per heavy atom. The molecule has 0 aliphatic carbocycles. The van der Waals surface area contributed by atoms with Gasteiger partial charge in [-0.25, -0.2) is 4.39 Å². The number of carbonyl (C=O) groups is 1. The van der Waals surface area contributed by atoms with Gasteiger partial charge in [0.15, 0.2) is 0 Å². The first kappa shape index (κ1) is 15.3. The Kier molecular flexibility index (Phi) is 4.89. The van der Waals surface area contributed by atoms with E-state index in [1.807, 2.05) is 6.07 Å². The zero-order valence-corrected chi connectivity index (χ0v) is 11.8. The molecular formula is C17H13FN2O2. The lowest BCUT2D eigenvalue weighted by Crippen LogP contribution is -2.13. The highest BCUT2D eigenvalue weighted by Crippen LogP contribution is 2.21. The van der Waals surface area contributed by atoms with E-state index in [2.05, 4.69) is 5.32 Å². The van der Waals surface area contributed by atoms with Crippen LogP contribution in [0.5, 0.6) is 5.75 Å². The van der Waals surface area contributed by atoms with E-state index in [-0.39, 0.29) is 11.3 Å². The highest BCUT2D eigenvalue weighted by Gasteiger charge is 2.11. The minimum absolute atomic E-state index is 0.103. The lowest BCUT2D eigenvalue weighted by atomic mass is 10.1. The topological polar surface area (TPSA) is 62.1 Å². The van der Waals surface area contributed by atoms with Gasteiger partial charge in [-0.05, 0) is 30.3 Å². The molecule has 0 bridgehead atoms. The highest BCUT2D eigenvalue weighted by atomic mass is 19.1. The van der Waals surface area contributed by atoms with Crippen LogP contribution in [0.4, 0.5) is 10.1 Å². The van der Waals surface area contributed by atoms with E-state index in [0.29, 0.717) is 11.3 Å². The smallest absolute Gasteiger partial charge is 0.266 e. The van der Waals surface area contributed by atoms with Crippen molar-refractivity contribution in [2.75, 3.05) is 12.4 Å². The average Bonchev–Trinajstić information content (AvgIpc) is 2.52. The molecule has 0 radical (unpaired) electrons. The van der Waals surface area contributed by atoms with Crippen LogP contribution in [0.25, 0.3) is 6.08 Å². The summed E-state index contributed by atoms with van der Waals surface area (Å²) in [5.74, 6) is -0.530. The summed E-state index contributed by atoms with van der Waals surface area (Å²) in [7, 11) is 1.51. The van der Waals surface area contributed by atoms with Crippen molar-refractivity contribution in [3.63, 3.8) is 0 Å². The minimum atomic E-state index is -0.612. The van der Waals surface area contributed by atoms with Crippen LogP contribution in [0.2, 0.25) is 0 Å². The van der Waals surface area contributed by atoms with Crippen molar-refractivity contribution in [1.82, 2.24) is 0 Å². The molecule has 0 fully saturated rings. The van der Waals surface area contributed by atoms with Gasteiger partial charge in [0.05, 0.1) is 7.11 Å². The number of nitrogens with one attached hydrogen (secondary N) is 1. The molecule has 0 atom stereocenters. The Labute approximate surface area is 127 Å². The summed E-state index contributed by atoms with van der Waals surface area (Å²) in [5, 5.41) is 11.6. The third kappa shape index (κ3) is 3.70. The Morgan fingerprint density at radius 3 is 2.73 bits per heavy atom. The highest BCUT2D eigenvalue weighted by molar-refractivity contribution is 6.09. The summed E-state index contributed by atoms with van der Waals surface area (Å²) < 4.78 is 18.3. The average molecular weight is 296 g/mol. The van der Waals surface area contributed by atoms with Crippen LogP contribution in [-0.4, -0.2) is 13.0 Å². The number of nitriles is 1. The Balaban J connectivity index is 2.26. The normalized spacial score (nSPS) is 10.7. The van der Waals surface area contributed by atoms with Crippen LogP contribution in [0.1, 0.15) is 5.56 Å². The van der Waals surface area contributed by atoms with Gasteiger partial charge in [-0.2, -0.15) is 5.26 Å². The number of methoxy groups -OCH3 is 1. The number of halogens is 1. The second-order valence-electron chi connectivity index (χ2n) is 4.38. The lowest BCUT2D eigenvalue weighted by molar-refractivity contribution is -0.112. The predicted octanol–water partition coefficient (Wildman–Crippen LogP) is 3.38. The first-order valence-corrected chi connectivity index (χ1v) is 6.46. The molecule has 1 amide bonds. The largest absolute Gasteiger partial charge is 0.496 e. The second-order valence-corrected chi connectivity index (χ2v) is 4.38. The fourth-order valence-electron chi connectivity index (χ4n) is 1.85. The summed E-state index contributed by atoms with van der Waals surface area (Å²) >= 11 is 0. The maximum atomic E-state index is 13.1. The first-order chi connectivity index (χ1) is 10.6. The Hall–Kier alpha value is -3.13. The van der Waals surface area contributed by atoms with E-state index >= 15 is 0 Å². The third-order valence-electron chi connectivity index (χ3n) is 2.89. The van der Waals surface area contributed by atoms with Crippen LogP contribution in [0, 0.1) is 17.1 Å². The Bertz CT molecular complexity index is 763. The minimum Gasteiger partial charge on any atom is -0.496 e. The molecular weight excluding hydrogens is 283 g/mol. The quantitative estimate of drug-likeness (QED) is 0.695. The molecule has 0 aliphatic heterocycles. The number of rotatable bonds is 4. The summed E-state index contributed by atoms with van der Waals surface area (Å²) in [5.41, 5.74) is 0.788. The van der Waals surface area contributed by atoms with Gasteiger partial charge >= 0.3 is 0 Å². The van der Waals surface area contributed by atoms with Gasteiger partial charge in [0.25, 0.3) is 5.91 Å². The molecule has 22 heavy (non-hydrogen) atoms. The van der Waals surface area contributed by atoms with Crippen LogP contribution in [-0.2, 0) is 4.79 Å². The molecule has 4 nitrogen and oxygen atoms in total. The lowest BCUT2D eigenvalue weighted by Gasteiger charge is -2.06. The second kappa shape index (κ2) is 7.04. The van der Waals surface area contributed by atoms with Crippen molar-refractivity contribution < 1.29 is 13.9 Å². The predicted molar refractivity (Wildman–Crippen MR) is 81.6 cm³/mol. The van der Waals surface area contributed by atoms with Crippen molar-refractivity contribution in [1.29, 1.82) is 5.26 Å². The van der Waals surface area contributed by atoms with Gasteiger partial charge in [0.1, 0.15) is 23.2 Å². The molecule has 110 valence electrons. The van der Waals surface area contributed by atoms with E-state index in [0.717, 1.165) is 0 Å². The summed E-state index contributed by atoms with van der Waals surface area (Å²) in [6.45, 7) is 0. The third-order valence-corrected chi connectivity index (χ3v) is 2.89. The van der Waals surface area contributed by atoms with Gasteiger partial charge in [-0.1, -0.05) is 24.3 Å². The van der Waals surface area contributed by atoms with Crippen LogP contribution in [0.3, 0.4) is 0 Å². The van der Waals surface area contributed by atoms with Crippen molar-refractivity contribution in [3.05, 3.63) is 65.5 Å². The number of ether oxygens (including phenoxy) is 1. The van der Waals surface area contributed by atoms with Crippen LogP contribution >= 0.6 is 0 Å². The van der Waals surface area contributed by atoms with Gasteiger partial charge < -0.3 is 10.1 Å². The van der Waals surface area contributed by atoms with Crippen molar-refractivity contribution in [2.24, 2.45) is 0 Å². The number of para-hydroxylation sites is 1. The van der Waals surface area contributed by atoms with Gasteiger partial charge in [-0.15, -0.1) is 0 Å². The van der Waals surface area contributed by atoms with E-state index in [9.17, 15) is 9.18 Å². The summed E-state index contributed by atoms with van der Waals surface area (Å²) in [6, 6.07) is 14.3. The molecule has 5 heteroatoms. The molecule has 2 aromatic rings. The van der Waals surface area contributed by atoms with E-state index in [1.54, 1.807) is 30.3 Å². The number of benzene rings is 2. The zero-order chi connectivity index (χ0) is 15.9. The number of amides is 1. The maximum Gasteiger partial charge on any atom is 0.266 e. The number of nitrogens with zero attached hydrogens (tertiary/aromatic N) is 1. The van der Waals surface area contributed by atoms with Crippen molar-refractivity contribution >= 4 is 17.7 Å². The summed E-state index contributed by atoms with van der Waals surface area (Å²) in [6.07, 6.45) is 1.42. The number of hydrogen-bond acceptors (Lipinski definition) is 3. The fraction of sp³-hybridized carbons (Fsp3) is 0.0588. The van der Waals surface area contributed by atoms with E-state index < -0.39 is 11.7 Å². The molecule has 0 spiro atoms. The molecule has 0 saturated heterocycles. The monoisotopic (exact) mass is 296 g/mol. The molecule has 2 rings (SSSR count). The van der Waals surface area contributed by atoms with Gasteiger partial charge in [0.2, 0.25) is 0 Å². The van der Waals surface area contributed by atoms with Crippen molar-refractivity contribution in [2.45, 2.75) is 0 Å². The summed E-state index contributed by atoms with van der Waals surface area (Å²) in [4.78, 5) is 12.1. The zero-order valence-electron chi connectivity index (χ0n) is 11.8. The molecule has 0 unspecified atom stereocenters. The fourth-order valence-corrected chi connectivity index (χ4v) is 1.85. The first-order valence-electron chi connectivity index (χ1n) is 6.46. The van der Waals surface area contributed by atoms with Gasteiger partial charge in [0, 0.05) is 11.3 Å². The Morgan fingerprint density at radius 1 is 1.27 bits per heavy atom.